The van der Waals surface area contributed by atoms with Crippen molar-refractivity contribution in [3.63, 3.8) is 0 Å². The van der Waals surface area contributed by atoms with Gasteiger partial charge in [0.25, 0.3) is 0 Å². The van der Waals surface area contributed by atoms with Gasteiger partial charge in [0.1, 0.15) is 0 Å². The fourth-order valence-corrected chi connectivity index (χ4v) is 1.62. The van der Waals surface area contributed by atoms with Gasteiger partial charge in [-0.25, -0.2) is 0 Å². The molecule has 17 heavy (non-hydrogen) atoms. The molecule has 1 saturated heterocycles. The number of rotatable bonds is 2. The van der Waals surface area contributed by atoms with E-state index in [1.165, 1.54) is 0 Å². The van der Waals surface area contributed by atoms with Crippen LogP contribution < -0.4 is 5.73 Å². The van der Waals surface area contributed by atoms with Crippen molar-refractivity contribution in [2.75, 3.05) is 13.1 Å². The van der Waals surface area contributed by atoms with Crippen molar-refractivity contribution in [2.45, 2.75) is 37.6 Å². The third-order valence-electron chi connectivity index (χ3n) is 2.84. The van der Waals surface area contributed by atoms with Gasteiger partial charge in [0.05, 0.1) is 12.6 Å². The van der Waals surface area contributed by atoms with Gasteiger partial charge in [-0.1, -0.05) is 6.92 Å². The first-order chi connectivity index (χ1) is 7.21. The summed E-state index contributed by atoms with van der Waals surface area (Å²) in [7, 11) is 0. The van der Waals surface area contributed by atoms with E-state index >= 15 is 0 Å². The Bertz CT molecular complexity index is 288. The summed E-state index contributed by atoms with van der Waals surface area (Å²) in [5.41, 5.74) is 2.66. The predicted molar refractivity (Wildman–Crippen MR) is 57.7 cm³/mol. The molecule has 1 heterocycles. The summed E-state index contributed by atoms with van der Waals surface area (Å²) >= 11 is 0. The molecule has 1 amide bonds. The van der Waals surface area contributed by atoms with Crippen LogP contribution in [0.4, 0.5) is 13.2 Å². The van der Waals surface area contributed by atoms with E-state index in [-0.39, 0.29) is 19.0 Å². The molecule has 0 spiro atoms. The molecule has 1 aliphatic heterocycles. The molecule has 0 aromatic rings. The second-order valence-electron chi connectivity index (χ2n) is 4.05. The number of carbonyl (C=O) groups excluding carboxylic acids is 1. The molecule has 0 radical (unpaired) electrons. The fourth-order valence-electron chi connectivity index (χ4n) is 1.62. The van der Waals surface area contributed by atoms with E-state index in [1.807, 2.05) is 0 Å². The Morgan fingerprint density at radius 3 is 2.47 bits per heavy atom. The highest BCUT2D eigenvalue weighted by Gasteiger charge is 2.57. The highest BCUT2D eigenvalue weighted by Crippen LogP contribution is 2.37. The Hall–Kier alpha value is -0.530. The van der Waals surface area contributed by atoms with Crippen LogP contribution in [0.3, 0.4) is 0 Å². The minimum absolute atomic E-state index is 0. The third-order valence-corrected chi connectivity index (χ3v) is 2.84. The van der Waals surface area contributed by atoms with Crippen LogP contribution in [0.1, 0.15) is 19.8 Å². The smallest absolute Gasteiger partial charge is 0.379 e. The van der Waals surface area contributed by atoms with Crippen molar-refractivity contribution in [2.24, 2.45) is 5.73 Å². The molecule has 0 aromatic carbocycles. The lowest BCUT2D eigenvalue weighted by Crippen LogP contribution is -2.50. The van der Waals surface area contributed by atoms with Gasteiger partial charge in [-0.3, -0.25) is 4.79 Å². The zero-order valence-corrected chi connectivity index (χ0v) is 10.1. The van der Waals surface area contributed by atoms with Crippen LogP contribution in [-0.4, -0.2) is 46.8 Å². The summed E-state index contributed by atoms with van der Waals surface area (Å²) in [5.74, 6) is -0.539. The van der Waals surface area contributed by atoms with Gasteiger partial charge in [-0.2, -0.15) is 13.2 Å². The number of aliphatic hydroxyl groups is 1. The number of nitrogens with two attached hydrogens (primary N) is 1. The van der Waals surface area contributed by atoms with Gasteiger partial charge in [0.2, 0.25) is 5.91 Å². The third kappa shape index (κ3) is 3.23. The zero-order chi connectivity index (χ0) is 12.6. The summed E-state index contributed by atoms with van der Waals surface area (Å²) in [6.45, 7) is 0.847. The number of carbonyl (C=O) groups is 1. The minimum Gasteiger partial charge on any atom is -0.379 e. The van der Waals surface area contributed by atoms with Crippen molar-refractivity contribution in [3.8, 4) is 0 Å². The molecule has 8 heteroatoms. The zero-order valence-electron chi connectivity index (χ0n) is 9.33. The largest absolute Gasteiger partial charge is 0.419 e. The van der Waals surface area contributed by atoms with Crippen molar-refractivity contribution in [3.05, 3.63) is 0 Å². The van der Waals surface area contributed by atoms with Gasteiger partial charge in [-0.05, 0) is 6.42 Å². The highest BCUT2D eigenvalue weighted by molar-refractivity contribution is 5.85. The summed E-state index contributed by atoms with van der Waals surface area (Å²) in [6.07, 6.45) is -4.84. The van der Waals surface area contributed by atoms with Gasteiger partial charge in [0, 0.05) is 13.0 Å². The van der Waals surface area contributed by atoms with E-state index in [0.717, 1.165) is 4.90 Å². The summed E-state index contributed by atoms with van der Waals surface area (Å²) < 4.78 is 37.3. The molecule has 0 aliphatic carbocycles. The maximum Gasteiger partial charge on any atom is 0.419 e. The summed E-state index contributed by atoms with van der Waals surface area (Å²) in [6, 6.07) is -0.796. The van der Waals surface area contributed by atoms with Crippen LogP contribution in [0, 0.1) is 0 Å². The molecule has 0 saturated carbocycles. The second-order valence-corrected chi connectivity index (χ2v) is 4.05. The van der Waals surface area contributed by atoms with E-state index in [9.17, 15) is 23.1 Å². The molecule has 2 atom stereocenters. The quantitative estimate of drug-likeness (QED) is 0.779. The van der Waals surface area contributed by atoms with Gasteiger partial charge in [0.15, 0.2) is 5.60 Å². The van der Waals surface area contributed by atoms with Crippen LogP contribution in [0.2, 0.25) is 0 Å². The molecule has 1 rings (SSSR count). The molecule has 1 unspecified atom stereocenters. The Kier molecular flexibility index (Phi) is 5.24. The van der Waals surface area contributed by atoms with Crippen molar-refractivity contribution >= 4 is 18.3 Å². The Labute approximate surface area is 103 Å². The molecule has 0 bridgehead atoms. The number of hydrogen-bond acceptors (Lipinski definition) is 3. The molecule has 4 nitrogen and oxygen atoms in total. The van der Waals surface area contributed by atoms with Crippen LogP contribution >= 0.6 is 12.4 Å². The second kappa shape index (κ2) is 5.41. The van der Waals surface area contributed by atoms with E-state index in [0.29, 0.717) is 6.42 Å². The van der Waals surface area contributed by atoms with Crippen molar-refractivity contribution < 1.29 is 23.1 Å². The van der Waals surface area contributed by atoms with Gasteiger partial charge < -0.3 is 15.7 Å². The average Bonchev–Trinajstić information content (AvgIpc) is 2.59. The standard InChI is InChI=1S/C9H15F3N2O2.ClH/c1-2-6(13)7(15)14-4-3-8(16,5-14)9(10,11)12;/h6,16H,2-5,13H2,1H3;1H/t6-,8?;/m0./s1. The molecule has 3 N–H and O–H groups in total. The van der Waals surface area contributed by atoms with E-state index in [2.05, 4.69) is 0 Å². The topological polar surface area (TPSA) is 66.6 Å². The summed E-state index contributed by atoms with van der Waals surface area (Å²) in [4.78, 5) is 12.5. The fraction of sp³-hybridized carbons (Fsp3) is 0.889. The molecule has 1 fully saturated rings. The van der Waals surface area contributed by atoms with Crippen LogP contribution in [0.5, 0.6) is 0 Å². The average molecular weight is 277 g/mol. The number of β-amino-alcohol motifs (C(OH)–C–C–N with tert-alkyl or cyclic N) is 1. The molecule has 1 aliphatic rings. The first-order valence-electron chi connectivity index (χ1n) is 5.05. The monoisotopic (exact) mass is 276 g/mol. The van der Waals surface area contributed by atoms with Gasteiger partial charge in [-0.15, -0.1) is 12.4 Å². The Morgan fingerprint density at radius 1 is 1.59 bits per heavy atom. The lowest BCUT2D eigenvalue weighted by Gasteiger charge is -2.26. The summed E-state index contributed by atoms with van der Waals surface area (Å²) in [5, 5.41) is 9.34. The number of nitrogens with zero attached hydrogens (tertiary/aromatic N) is 1. The number of halogens is 4. The predicted octanol–water partition coefficient (Wildman–Crippen LogP) is 0.671. The van der Waals surface area contributed by atoms with E-state index in [1.54, 1.807) is 6.92 Å². The van der Waals surface area contributed by atoms with E-state index in [4.69, 9.17) is 5.73 Å². The lowest BCUT2D eigenvalue weighted by molar-refractivity contribution is -0.253. The molecular weight excluding hydrogens is 261 g/mol. The SMILES string of the molecule is CC[C@H](N)C(=O)N1CCC(O)(C(F)(F)F)C1.Cl. The van der Waals surface area contributed by atoms with Gasteiger partial charge >= 0.3 is 6.18 Å². The first-order valence-corrected chi connectivity index (χ1v) is 5.05. The van der Waals surface area contributed by atoms with Crippen molar-refractivity contribution in [1.29, 1.82) is 0 Å². The lowest BCUT2D eigenvalue weighted by atomic mass is 10.0. The molecule has 0 aromatic heterocycles. The number of likely N-dealkylation sites (tertiary alicyclic amines) is 1. The normalized spacial score (nSPS) is 26.6. The number of alkyl halides is 3. The maximum atomic E-state index is 12.4. The Balaban J connectivity index is 0.00000256. The first kappa shape index (κ1) is 16.5. The van der Waals surface area contributed by atoms with Crippen LogP contribution in [-0.2, 0) is 4.79 Å². The van der Waals surface area contributed by atoms with Crippen molar-refractivity contribution in [1.82, 2.24) is 4.90 Å². The minimum atomic E-state index is -4.71. The number of amides is 1. The highest BCUT2D eigenvalue weighted by atomic mass is 35.5. The molecule has 102 valence electrons. The Morgan fingerprint density at radius 2 is 2.12 bits per heavy atom. The molecular formula is C9H16ClF3N2O2. The maximum absolute atomic E-state index is 12.4. The van der Waals surface area contributed by atoms with Crippen LogP contribution in [0.25, 0.3) is 0 Å². The number of hydrogen-bond donors (Lipinski definition) is 2. The van der Waals surface area contributed by atoms with Crippen LogP contribution in [0.15, 0.2) is 0 Å². The van der Waals surface area contributed by atoms with E-state index < -0.39 is 36.7 Å².